The van der Waals surface area contributed by atoms with Gasteiger partial charge in [0.2, 0.25) is 0 Å². The van der Waals surface area contributed by atoms with Crippen molar-refractivity contribution in [3.8, 4) is 0 Å². The normalized spacial score (nSPS) is 11.3. The first-order valence-corrected chi connectivity index (χ1v) is 6.59. The van der Waals surface area contributed by atoms with Gasteiger partial charge in [0, 0.05) is 6.08 Å². The number of benzene rings is 1. The average molecular weight is 278 g/mol. The second-order valence-corrected chi connectivity index (χ2v) is 4.31. The molecule has 0 saturated heterocycles. The summed E-state index contributed by atoms with van der Waals surface area (Å²) in [7, 11) is 0. The zero-order valence-corrected chi connectivity index (χ0v) is 12.2. The van der Waals surface area contributed by atoms with Crippen LogP contribution in [0.2, 0.25) is 0 Å². The Morgan fingerprint density at radius 1 is 1.30 bits per heavy atom. The van der Waals surface area contributed by atoms with E-state index in [1.807, 2.05) is 0 Å². The molecule has 0 aliphatic rings. The number of aromatic carboxylic acids is 1. The van der Waals surface area contributed by atoms with Gasteiger partial charge in [-0.1, -0.05) is 44.5 Å². The van der Waals surface area contributed by atoms with Gasteiger partial charge in [0.05, 0.1) is 12.2 Å². The van der Waals surface area contributed by atoms with E-state index < -0.39 is 5.97 Å². The Kier molecular flexibility index (Phi) is 9.66. The zero-order valence-electron chi connectivity index (χ0n) is 12.2. The zero-order chi connectivity index (χ0) is 15.4. The lowest BCUT2D eigenvalue weighted by Gasteiger charge is -2.06. The summed E-state index contributed by atoms with van der Waals surface area (Å²) in [5.41, 5.74) is 0.331. The topological polar surface area (TPSA) is 63.6 Å². The SMILES string of the molecule is CC=CC(=O)OCC(C)CC.O=C(O)c1ccccc1. The van der Waals surface area contributed by atoms with Crippen LogP contribution in [0, 0.1) is 5.92 Å². The van der Waals surface area contributed by atoms with Crippen molar-refractivity contribution in [1.82, 2.24) is 0 Å². The fourth-order valence-corrected chi connectivity index (χ4v) is 1.11. The number of ether oxygens (including phenoxy) is 1. The highest BCUT2D eigenvalue weighted by atomic mass is 16.5. The van der Waals surface area contributed by atoms with Crippen LogP contribution < -0.4 is 0 Å². The predicted octanol–water partition coefficient (Wildman–Crippen LogP) is 3.54. The molecule has 1 aromatic rings. The minimum atomic E-state index is -0.879. The maximum atomic E-state index is 10.8. The first-order chi connectivity index (χ1) is 9.51. The molecule has 0 saturated carbocycles. The summed E-state index contributed by atoms with van der Waals surface area (Å²) in [5.74, 6) is -0.660. The van der Waals surface area contributed by atoms with Crippen LogP contribution in [0.15, 0.2) is 42.5 Å². The van der Waals surface area contributed by atoms with Gasteiger partial charge in [0.1, 0.15) is 0 Å². The van der Waals surface area contributed by atoms with Crippen molar-refractivity contribution in [3.63, 3.8) is 0 Å². The third-order valence-corrected chi connectivity index (χ3v) is 2.53. The van der Waals surface area contributed by atoms with Crippen molar-refractivity contribution in [1.29, 1.82) is 0 Å². The van der Waals surface area contributed by atoms with E-state index in [1.165, 1.54) is 6.08 Å². The summed E-state index contributed by atoms with van der Waals surface area (Å²) < 4.78 is 4.91. The van der Waals surface area contributed by atoms with Crippen LogP contribution in [-0.4, -0.2) is 23.7 Å². The lowest BCUT2D eigenvalue weighted by molar-refractivity contribution is -0.138. The van der Waals surface area contributed by atoms with Crippen LogP contribution in [-0.2, 0) is 9.53 Å². The fourth-order valence-electron chi connectivity index (χ4n) is 1.11. The number of hydrogen-bond donors (Lipinski definition) is 1. The van der Waals surface area contributed by atoms with E-state index in [0.29, 0.717) is 18.1 Å². The minimum absolute atomic E-state index is 0.243. The lowest BCUT2D eigenvalue weighted by Crippen LogP contribution is -2.08. The van der Waals surface area contributed by atoms with Gasteiger partial charge in [-0.2, -0.15) is 0 Å². The van der Waals surface area contributed by atoms with Crippen molar-refractivity contribution >= 4 is 11.9 Å². The summed E-state index contributed by atoms with van der Waals surface area (Å²) in [6.45, 7) is 6.46. The molecule has 1 rings (SSSR count). The Labute approximate surface area is 120 Å². The summed E-state index contributed by atoms with van der Waals surface area (Å²) in [5, 5.41) is 8.38. The van der Waals surface area contributed by atoms with Gasteiger partial charge < -0.3 is 9.84 Å². The number of carboxylic acid groups (broad SMARTS) is 1. The summed E-state index contributed by atoms with van der Waals surface area (Å²) in [6.07, 6.45) is 4.16. The van der Waals surface area contributed by atoms with Crippen LogP contribution >= 0.6 is 0 Å². The van der Waals surface area contributed by atoms with Crippen LogP contribution in [0.1, 0.15) is 37.6 Å². The molecular formula is C16H22O4. The molecule has 0 heterocycles. The third-order valence-electron chi connectivity index (χ3n) is 2.53. The van der Waals surface area contributed by atoms with E-state index in [-0.39, 0.29) is 5.97 Å². The molecule has 4 nitrogen and oxygen atoms in total. The van der Waals surface area contributed by atoms with E-state index in [0.717, 1.165) is 6.42 Å². The van der Waals surface area contributed by atoms with E-state index in [2.05, 4.69) is 13.8 Å². The van der Waals surface area contributed by atoms with E-state index in [4.69, 9.17) is 9.84 Å². The molecule has 20 heavy (non-hydrogen) atoms. The van der Waals surface area contributed by atoms with Gasteiger partial charge in [0.15, 0.2) is 0 Å². The lowest BCUT2D eigenvalue weighted by atomic mass is 10.1. The number of esters is 1. The van der Waals surface area contributed by atoms with E-state index in [1.54, 1.807) is 43.3 Å². The molecule has 1 atom stereocenters. The number of carbonyl (C=O) groups excluding carboxylic acids is 1. The highest BCUT2D eigenvalue weighted by molar-refractivity contribution is 5.87. The maximum absolute atomic E-state index is 10.8. The van der Waals surface area contributed by atoms with Crippen LogP contribution in [0.3, 0.4) is 0 Å². The molecule has 0 aromatic heterocycles. The molecular weight excluding hydrogens is 256 g/mol. The Hall–Kier alpha value is -2.10. The van der Waals surface area contributed by atoms with Crippen LogP contribution in [0.25, 0.3) is 0 Å². The van der Waals surface area contributed by atoms with Crippen molar-refractivity contribution in [2.45, 2.75) is 27.2 Å². The summed E-state index contributed by atoms with van der Waals surface area (Å²) >= 11 is 0. The Morgan fingerprint density at radius 3 is 2.30 bits per heavy atom. The van der Waals surface area contributed by atoms with Gasteiger partial charge in [0.25, 0.3) is 0 Å². The van der Waals surface area contributed by atoms with E-state index in [9.17, 15) is 9.59 Å². The Bertz CT molecular complexity index is 423. The van der Waals surface area contributed by atoms with Crippen molar-refractivity contribution in [2.75, 3.05) is 6.61 Å². The standard InChI is InChI=1S/C9H16O2.C7H6O2/c1-4-6-9(10)11-7-8(3)5-2;8-7(9)6-4-2-1-3-5-6/h4,6,8H,5,7H2,1-3H3;1-5H,(H,8,9). The molecule has 0 bridgehead atoms. The number of rotatable bonds is 5. The molecule has 0 aliphatic heterocycles. The molecule has 1 N–H and O–H groups in total. The molecule has 4 heteroatoms. The first-order valence-electron chi connectivity index (χ1n) is 6.59. The van der Waals surface area contributed by atoms with Gasteiger partial charge in [-0.25, -0.2) is 9.59 Å². The van der Waals surface area contributed by atoms with Crippen LogP contribution in [0.4, 0.5) is 0 Å². The first kappa shape index (κ1) is 17.9. The van der Waals surface area contributed by atoms with Crippen molar-refractivity contribution in [3.05, 3.63) is 48.0 Å². The van der Waals surface area contributed by atoms with Gasteiger partial charge >= 0.3 is 11.9 Å². The van der Waals surface area contributed by atoms with Gasteiger partial charge in [-0.3, -0.25) is 0 Å². The molecule has 1 aromatic carbocycles. The highest BCUT2D eigenvalue weighted by Gasteiger charge is 2.01. The number of hydrogen-bond acceptors (Lipinski definition) is 3. The highest BCUT2D eigenvalue weighted by Crippen LogP contribution is 2.00. The molecule has 0 aliphatic carbocycles. The predicted molar refractivity (Wildman–Crippen MR) is 78.6 cm³/mol. The summed E-state index contributed by atoms with van der Waals surface area (Å²) in [4.78, 5) is 21.0. The van der Waals surface area contributed by atoms with Gasteiger partial charge in [-0.15, -0.1) is 0 Å². The molecule has 1 unspecified atom stereocenters. The Balaban J connectivity index is 0.000000367. The molecule has 0 amide bonds. The molecule has 0 spiro atoms. The van der Waals surface area contributed by atoms with Crippen molar-refractivity contribution < 1.29 is 19.4 Å². The summed E-state index contributed by atoms with van der Waals surface area (Å²) in [6, 6.07) is 8.30. The third kappa shape index (κ3) is 8.91. The molecule has 0 radical (unpaired) electrons. The number of carbonyl (C=O) groups is 2. The largest absolute Gasteiger partial charge is 0.478 e. The molecule has 110 valence electrons. The second-order valence-electron chi connectivity index (χ2n) is 4.31. The maximum Gasteiger partial charge on any atom is 0.335 e. The molecule has 0 fully saturated rings. The van der Waals surface area contributed by atoms with Gasteiger partial charge in [-0.05, 0) is 25.0 Å². The smallest absolute Gasteiger partial charge is 0.335 e. The monoisotopic (exact) mass is 278 g/mol. The van der Waals surface area contributed by atoms with E-state index >= 15 is 0 Å². The fraction of sp³-hybridized carbons (Fsp3) is 0.375. The number of allylic oxidation sites excluding steroid dienone is 1. The quantitative estimate of drug-likeness (QED) is 0.661. The average Bonchev–Trinajstić information content (AvgIpc) is 2.46. The number of carboxylic acids is 1. The van der Waals surface area contributed by atoms with Crippen molar-refractivity contribution in [2.24, 2.45) is 5.92 Å². The Morgan fingerprint density at radius 2 is 1.90 bits per heavy atom. The van der Waals surface area contributed by atoms with Crippen LogP contribution in [0.5, 0.6) is 0 Å². The second kappa shape index (κ2) is 10.8. The minimum Gasteiger partial charge on any atom is -0.478 e.